The Morgan fingerprint density at radius 3 is 2.67 bits per heavy atom. The summed E-state index contributed by atoms with van der Waals surface area (Å²) in [7, 11) is 0. The first kappa shape index (κ1) is 16.5. The molecule has 0 saturated heterocycles. The number of rotatable bonds is 6. The van der Waals surface area contributed by atoms with E-state index >= 15 is 0 Å². The zero-order chi connectivity index (χ0) is 17.2. The van der Waals surface area contributed by atoms with Crippen LogP contribution in [-0.2, 0) is 5.60 Å². The summed E-state index contributed by atoms with van der Waals surface area (Å²) in [5.41, 5.74) is -0.405. The van der Waals surface area contributed by atoms with Crippen LogP contribution in [-0.4, -0.2) is 17.7 Å². The number of carbonyl (C=O) groups excluding carboxylic acids is 1. The Morgan fingerprint density at radius 2 is 2.08 bits per heavy atom. The molecule has 24 heavy (non-hydrogen) atoms. The monoisotopic (exact) mass is 332 g/mol. The fourth-order valence-electron chi connectivity index (χ4n) is 2.69. The molecule has 6 heteroatoms. The van der Waals surface area contributed by atoms with Gasteiger partial charge in [0.2, 0.25) is 0 Å². The molecule has 2 amide bonds. The molecule has 0 spiro atoms. The van der Waals surface area contributed by atoms with Crippen LogP contribution in [0, 0.1) is 11.7 Å². The molecule has 2 aromatic rings. The SMILES string of the molecule is C[C@](O)(CNC(=O)N[C@H](c1ccc(F)cc1)C1CC1)c1ccco1. The van der Waals surface area contributed by atoms with Crippen LogP contribution in [0.5, 0.6) is 0 Å². The molecule has 2 atom stereocenters. The molecule has 0 unspecified atom stereocenters. The number of amides is 2. The maximum absolute atomic E-state index is 13.1. The van der Waals surface area contributed by atoms with E-state index in [1.165, 1.54) is 18.4 Å². The van der Waals surface area contributed by atoms with Crippen molar-refractivity contribution in [3.05, 3.63) is 59.8 Å². The van der Waals surface area contributed by atoms with Gasteiger partial charge in [-0.1, -0.05) is 12.1 Å². The van der Waals surface area contributed by atoms with Crippen molar-refractivity contribution in [2.45, 2.75) is 31.4 Å². The van der Waals surface area contributed by atoms with Gasteiger partial charge in [0.25, 0.3) is 0 Å². The number of urea groups is 1. The van der Waals surface area contributed by atoms with Gasteiger partial charge in [0.1, 0.15) is 17.2 Å². The third-order valence-electron chi connectivity index (χ3n) is 4.25. The largest absolute Gasteiger partial charge is 0.466 e. The maximum atomic E-state index is 13.1. The summed E-state index contributed by atoms with van der Waals surface area (Å²) < 4.78 is 18.3. The van der Waals surface area contributed by atoms with E-state index in [9.17, 15) is 14.3 Å². The first-order chi connectivity index (χ1) is 11.5. The highest BCUT2D eigenvalue weighted by Gasteiger charge is 2.34. The van der Waals surface area contributed by atoms with Gasteiger partial charge in [-0.05, 0) is 55.5 Å². The average Bonchev–Trinajstić information content (AvgIpc) is 3.24. The first-order valence-corrected chi connectivity index (χ1v) is 8.02. The van der Waals surface area contributed by atoms with E-state index in [4.69, 9.17) is 4.42 Å². The minimum absolute atomic E-state index is 0.0210. The van der Waals surface area contributed by atoms with Gasteiger partial charge >= 0.3 is 6.03 Å². The number of nitrogens with one attached hydrogen (secondary N) is 2. The summed E-state index contributed by atoms with van der Waals surface area (Å²) in [6.07, 6.45) is 3.54. The number of halogens is 1. The Bertz CT molecular complexity index is 679. The normalized spacial score (nSPS) is 17.8. The summed E-state index contributed by atoms with van der Waals surface area (Å²) in [5, 5.41) is 15.9. The fraction of sp³-hybridized carbons (Fsp3) is 0.389. The molecule has 0 aliphatic heterocycles. The molecular weight excluding hydrogens is 311 g/mol. The van der Waals surface area contributed by atoms with Crippen LogP contribution >= 0.6 is 0 Å². The minimum Gasteiger partial charge on any atom is -0.466 e. The fourth-order valence-corrected chi connectivity index (χ4v) is 2.69. The van der Waals surface area contributed by atoms with E-state index in [0.29, 0.717) is 11.7 Å². The van der Waals surface area contributed by atoms with Crippen molar-refractivity contribution >= 4 is 6.03 Å². The number of carbonyl (C=O) groups is 1. The van der Waals surface area contributed by atoms with Gasteiger partial charge in [0.05, 0.1) is 18.8 Å². The van der Waals surface area contributed by atoms with Crippen molar-refractivity contribution in [1.29, 1.82) is 0 Å². The lowest BCUT2D eigenvalue weighted by Crippen LogP contribution is -2.44. The summed E-state index contributed by atoms with van der Waals surface area (Å²) >= 11 is 0. The molecule has 1 saturated carbocycles. The highest BCUT2D eigenvalue weighted by Crippen LogP contribution is 2.41. The third kappa shape index (κ3) is 3.94. The zero-order valence-electron chi connectivity index (χ0n) is 13.5. The van der Waals surface area contributed by atoms with Gasteiger partial charge in [-0.3, -0.25) is 0 Å². The second kappa shape index (κ2) is 6.65. The van der Waals surface area contributed by atoms with Gasteiger partial charge in [-0.25, -0.2) is 9.18 Å². The topological polar surface area (TPSA) is 74.5 Å². The van der Waals surface area contributed by atoms with E-state index < -0.39 is 5.60 Å². The molecule has 1 heterocycles. The lowest BCUT2D eigenvalue weighted by atomic mass is 10.0. The van der Waals surface area contributed by atoms with Gasteiger partial charge in [-0.2, -0.15) is 0 Å². The van der Waals surface area contributed by atoms with Crippen LogP contribution in [0.25, 0.3) is 0 Å². The van der Waals surface area contributed by atoms with Crippen LogP contribution in [0.2, 0.25) is 0 Å². The maximum Gasteiger partial charge on any atom is 0.315 e. The van der Waals surface area contributed by atoms with Crippen LogP contribution in [0.4, 0.5) is 9.18 Å². The van der Waals surface area contributed by atoms with Crippen molar-refractivity contribution in [3.8, 4) is 0 Å². The first-order valence-electron chi connectivity index (χ1n) is 8.02. The molecule has 1 aliphatic rings. The molecule has 1 aliphatic carbocycles. The van der Waals surface area contributed by atoms with Crippen LogP contribution in [0.3, 0.4) is 0 Å². The number of furan rings is 1. The number of benzene rings is 1. The summed E-state index contributed by atoms with van der Waals surface area (Å²) in [6.45, 7) is 1.59. The van der Waals surface area contributed by atoms with E-state index in [1.807, 2.05) is 0 Å². The van der Waals surface area contributed by atoms with E-state index in [2.05, 4.69) is 10.6 Å². The van der Waals surface area contributed by atoms with Gasteiger partial charge in [-0.15, -0.1) is 0 Å². The van der Waals surface area contributed by atoms with Crippen molar-refractivity contribution in [3.63, 3.8) is 0 Å². The van der Waals surface area contributed by atoms with Crippen molar-refractivity contribution in [1.82, 2.24) is 10.6 Å². The second-order valence-corrected chi connectivity index (χ2v) is 6.44. The average molecular weight is 332 g/mol. The predicted molar refractivity (Wildman–Crippen MR) is 86.7 cm³/mol. The van der Waals surface area contributed by atoms with E-state index in [1.54, 1.807) is 31.2 Å². The van der Waals surface area contributed by atoms with Gasteiger partial charge < -0.3 is 20.2 Å². The zero-order valence-corrected chi connectivity index (χ0v) is 13.5. The lowest BCUT2D eigenvalue weighted by molar-refractivity contribution is 0.0366. The molecule has 1 aromatic carbocycles. The van der Waals surface area contributed by atoms with Crippen LogP contribution in [0.15, 0.2) is 47.1 Å². The Hall–Kier alpha value is -2.34. The predicted octanol–water partition coefficient (Wildman–Crippen LogP) is 3.08. The summed E-state index contributed by atoms with van der Waals surface area (Å²) in [5.74, 6) is 0.458. The second-order valence-electron chi connectivity index (χ2n) is 6.44. The molecular formula is C18H21FN2O3. The highest BCUT2D eigenvalue weighted by atomic mass is 19.1. The van der Waals surface area contributed by atoms with E-state index in [-0.39, 0.29) is 24.4 Å². The molecule has 1 fully saturated rings. The number of aliphatic hydroxyl groups is 1. The summed E-state index contributed by atoms with van der Waals surface area (Å²) in [6, 6.07) is 8.99. The summed E-state index contributed by atoms with van der Waals surface area (Å²) in [4.78, 5) is 12.2. The smallest absolute Gasteiger partial charge is 0.315 e. The van der Waals surface area contributed by atoms with Crippen molar-refractivity contribution < 1.29 is 18.7 Å². The van der Waals surface area contributed by atoms with Crippen molar-refractivity contribution in [2.24, 2.45) is 5.92 Å². The molecule has 1 aromatic heterocycles. The molecule has 3 N–H and O–H groups in total. The lowest BCUT2D eigenvalue weighted by Gasteiger charge is -2.23. The Morgan fingerprint density at radius 1 is 1.38 bits per heavy atom. The van der Waals surface area contributed by atoms with E-state index in [0.717, 1.165) is 18.4 Å². The molecule has 0 radical (unpaired) electrons. The molecule has 0 bridgehead atoms. The molecule has 128 valence electrons. The highest BCUT2D eigenvalue weighted by molar-refractivity contribution is 5.74. The minimum atomic E-state index is -1.29. The van der Waals surface area contributed by atoms with Crippen LogP contribution < -0.4 is 10.6 Å². The Kier molecular flexibility index (Phi) is 4.57. The Labute approximate surface area is 139 Å². The Balaban J connectivity index is 1.59. The number of hydrogen-bond acceptors (Lipinski definition) is 3. The quantitative estimate of drug-likeness (QED) is 0.761. The molecule has 5 nitrogen and oxygen atoms in total. The number of hydrogen-bond donors (Lipinski definition) is 3. The van der Waals surface area contributed by atoms with Crippen molar-refractivity contribution in [2.75, 3.05) is 6.54 Å². The van der Waals surface area contributed by atoms with Gasteiger partial charge in [0, 0.05) is 0 Å². The third-order valence-corrected chi connectivity index (χ3v) is 4.25. The molecule has 3 rings (SSSR count). The van der Waals surface area contributed by atoms with Gasteiger partial charge in [0.15, 0.2) is 0 Å². The standard InChI is InChI=1S/C18H21FN2O3/c1-18(23,15-3-2-10-24-15)11-20-17(22)21-16(12-4-5-12)13-6-8-14(19)9-7-13/h2-3,6-10,12,16,23H,4-5,11H2,1H3,(H2,20,21,22)/t16-,18-/m0/s1. The van der Waals surface area contributed by atoms with Crippen LogP contribution in [0.1, 0.15) is 37.1 Å².